The Labute approximate surface area is 88.8 Å². The van der Waals surface area contributed by atoms with Crippen LogP contribution in [0.1, 0.15) is 5.56 Å². The number of hydrogen-bond acceptors (Lipinski definition) is 2. The molecule has 0 unspecified atom stereocenters. The van der Waals surface area contributed by atoms with E-state index >= 15 is 0 Å². The third kappa shape index (κ3) is 2.73. The number of benzene rings is 1. The molecule has 7 heteroatoms. The van der Waals surface area contributed by atoms with E-state index in [0.29, 0.717) is 0 Å². The van der Waals surface area contributed by atoms with Gasteiger partial charge in [-0.3, -0.25) is 0 Å². The molecule has 0 aliphatic rings. The standard InChI is InChI=1S/C9H4F4O2S/c1-16(14,15)3-2-5-4-6(10)8(12)9(13)7(5)11/h4H,1H3. The molecule has 0 fully saturated rings. The highest BCUT2D eigenvalue weighted by Crippen LogP contribution is 2.17. The zero-order chi connectivity index (χ0) is 12.5. The minimum absolute atomic E-state index is 0.284. The molecule has 0 aliphatic carbocycles. The van der Waals surface area contributed by atoms with E-state index in [-0.39, 0.29) is 6.07 Å². The molecule has 1 rings (SSSR count). The van der Waals surface area contributed by atoms with Crippen molar-refractivity contribution in [1.29, 1.82) is 0 Å². The molecule has 86 valence electrons. The fourth-order valence-electron chi connectivity index (χ4n) is 0.812. The van der Waals surface area contributed by atoms with Crippen LogP contribution in [0.5, 0.6) is 0 Å². The van der Waals surface area contributed by atoms with E-state index in [1.165, 1.54) is 0 Å². The first-order chi connectivity index (χ1) is 7.22. The zero-order valence-corrected chi connectivity index (χ0v) is 8.63. The van der Waals surface area contributed by atoms with Gasteiger partial charge >= 0.3 is 0 Å². The average Bonchev–Trinajstić information content (AvgIpc) is 2.17. The van der Waals surface area contributed by atoms with Crippen LogP contribution in [0.15, 0.2) is 6.07 Å². The Morgan fingerprint density at radius 2 is 1.62 bits per heavy atom. The summed E-state index contributed by atoms with van der Waals surface area (Å²) in [5, 5.41) is 1.58. The lowest BCUT2D eigenvalue weighted by molar-refractivity contribution is 0.408. The maximum Gasteiger partial charge on any atom is 0.214 e. The van der Waals surface area contributed by atoms with Crippen LogP contribution in [0.25, 0.3) is 0 Å². The molecule has 0 saturated heterocycles. The topological polar surface area (TPSA) is 34.1 Å². The molecule has 0 N–H and O–H groups in total. The third-order valence-corrected chi connectivity index (χ3v) is 1.95. The minimum Gasteiger partial charge on any atom is -0.216 e. The highest BCUT2D eigenvalue weighted by Gasteiger charge is 2.17. The molecule has 0 aromatic heterocycles. The number of rotatable bonds is 0. The third-order valence-electron chi connectivity index (χ3n) is 1.47. The Bertz CT molecular complexity index is 596. The monoisotopic (exact) mass is 252 g/mol. The molecule has 1 aromatic rings. The van der Waals surface area contributed by atoms with Crippen molar-refractivity contribution in [2.45, 2.75) is 0 Å². The second-order valence-corrected chi connectivity index (χ2v) is 4.60. The number of sulfone groups is 1. The summed E-state index contributed by atoms with van der Waals surface area (Å²) in [5.41, 5.74) is -0.859. The normalized spacial score (nSPS) is 10.8. The molecule has 0 atom stereocenters. The fourth-order valence-corrected chi connectivity index (χ4v) is 1.11. The van der Waals surface area contributed by atoms with Crippen molar-refractivity contribution < 1.29 is 26.0 Å². The Balaban J connectivity index is 3.42. The molecule has 2 nitrogen and oxygen atoms in total. The van der Waals surface area contributed by atoms with Crippen molar-refractivity contribution >= 4 is 9.84 Å². The maximum atomic E-state index is 12.9. The predicted molar refractivity (Wildman–Crippen MR) is 48.0 cm³/mol. The summed E-state index contributed by atoms with van der Waals surface area (Å²) in [5.74, 6) is -5.67. The second-order valence-electron chi connectivity index (χ2n) is 2.85. The molecule has 0 aliphatic heterocycles. The highest BCUT2D eigenvalue weighted by atomic mass is 32.2. The Morgan fingerprint density at radius 1 is 1.06 bits per heavy atom. The molecule has 0 saturated carbocycles. The molecular formula is C9H4F4O2S. The summed E-state index contributed by atoms with van der Waals surface area (Å²) in [4.78, 5) is 0. The summed E-state index contributed by atoms with van der Waals surface area (Å²) in [6.45, 7) is 0. The summed E-state index contributed by atoms with van der Waals surface area (Å²) in [7, 11) is -3.74. The SMILES string of the molecule is CS(=O)(=O)C#Cc1cc(F)c(F)c(F)c1F. The van der Waals surface area contributed by atoms with Crippen LogP contribution in [0.4, 0.5) is 17.6 Å². The van der Waals surface area contributed by atoms with E-state index in [9.17, 15) is 26.0 Å². The van der Waals surface area contributed by atoms with Gasteiger partial charge in [0.25, 0.3) is 0 Å². The van der Waals surface area contributed by atoms with Gasteiger partial charge in [0, 0.05) is 5.25 Å². The van der Waals surface area contributed by atoms with Crippen molar-refractivity contribution in [3.05, 3.63) is 34.9 Å². The van der Waals surface area contributed by atoms with Crippen molar-refractivity contribution in [2.24, 2.45) is 0 Å². The number of hydrogen-bond donors (Lipinski definition) is 0. The van der Waals surface area contributed by atoms with Gasteiger partial charge in [0.1, 0.15) is 0 Å². The van der Waals surface area contributed by atoms with Gasteiger partial charge < -0.3 is 0 Å². The molecule has 0 bridgehead atoms. The van der Waals surface area contributed by atoms with E-state index in [4.69, 9.17) is 0 Å². The molecule has 0 amide bonds. The van der Waals surface area contributed by atoms with Crippen LogP contribution in [-0.4, -0.2) is 14.7 Å². The van der Waals surface area contributed by atoms with E-state index < -0.39 is 38.7 Å². The van der Waals surface area contributed by atoms with Gasteiger partial charge in [-0.2, -0.15) is 0 Å². The fraction of sp³-hybridized carbons (Fsp3) is 0.111. The van der Waals surface area contributed by atoms with Gasteiger partial charge in [-0.25, -0.2) is 26.0 Å². The van der Waals surface area contributed by atoms with Gasteiger partial charge in [0.05, 0.1) is 11.8 Å². The van der Waals surface area contributed by atoms with Crippen molar-refractivity contribution in [1.82, 2.24) is 0 Å². The van der Waals surface area contributed by atoms with Crippen LogP contribution < -0.4 is 0 Å². The van der Waals surface area contributed by atoms with Crippen molar-refractivity contribution in [2.75, 3.05) is 6.26 Å². The van der Waals surface area contributed by atoms with Gasteiger partial charge in [-0.1, -0.05) is 0 Å². The predicted octanol–water partition coefficient (Wildman–Crippen LogP) is 1.60. The van der Waals surface area contributed by atoms with Gasteiger partial charge in [-0.15, -0.1) is 0 Å². The lowest BCUT2D eigenvalue weighted by Crippen LogP contribution is -1.99. The molecule has 1 aromatic carbocycles. The lowest BCUT2D eigenvalue weighted by Gasteiger charge is -1.99. The quantitative estimate of drug-likeness (QED) is 0.304. The number of halogens is 4. The summed E-state index contributed by atoms with van der Waals surface area (Å²) in [6.07, 6.45) is 0.730. The molecule has 0 heterocycles. The molecular weight excluding hydrogens is 248 g/mol. The summed E-state index contributed by atoms with van der Waals surface area (Å²) < 4.78 is 71.9. The van der Waals surface area contributed by atoms with Crippen LogP contribution in [0.3, 0.4) is 0 Å². The van der Waals surface area contributed by atoms with Crippen LogP contribution >= 0.6 is 0 Å². The Hall–Kier alpha value is -1.55. The summed E-state index contributed by atoms with van der Waals surface area (Å²) in [6, 6.07) is 0.284. The smallest absolute Gasteiger partial charge is 0.214 e. The lowest BCUT2D eigenvalue weighted by atomic mass is 10.2. The minimum atomic E-state index is -3.74. The first-order valence-electron chi connectivity index (χ1n) is 3.78. The highest BCUT2D eigenvalue weighted by molar-refractivity contribution is 7.95. The van der Waals surface area contributed by atoms with Crippen LogP contribution in [0.2, 0.25) is 0 Å². The molecule has 16 heavy (non-hydrogen) atoms. The van der Waals surface area contributed by atoms with Crippen molar-refractivity contribution in [3.8, 4) is 11.2 Å². The van der Waals surface area contributed by atoms with Crippen LogP contribution in [-0.2, 0) is 9.84 Å². The summed E-state index contributed by atoms with van der Waals surface area (Å²) >= 11 is 0. The first-order valence-corrected chi connectivity index (χ1v) is 5.67. The average molecular weight is 252 g/mol. The second kappa shape index (κ2) is 4.14. The van der Waals surface area contributed by atoms with Gasteiger partial charge in [0.2, 0.25) is 9.84 Å². The first kappa shape index (κ1) is 12.5. The van der Waals surface area contributed by atoms with E-state index in [1.807, 2.05) is 0 Å². The van der Waals surface area contributed by atoms with E-state index in [2.05, 4.69) is 0 Å². The maximum absolute atomic E-state index is 12.9. The largest absolute Gasteiger partial charge is 0.216 e. The van der Waals surface area contributed by atoms with Crippen LogP contribution in [0, 0.1) is 34.4 Å². The zero-order valence-electron chi connectivity index (χ0n) is 7.81. The van der Waals surface area contributed by atoms with E-state index in [0.717, 1.165) is 6.26 Å². The van der Waals surface area contributed by atoms with E-state index in [1.54, 1.807) is 11.2 Å². The van der Waals surface area contributed by atoms with Gasteiger partial charge in [0.15, 0.2) is 23.3 Å². The Kier molecular flexibility index (Phi) is 3.24. The Morgan fingerprint density at radius 3 is 2.12 bits per heavy atom. The van der Waals surface area contributed by atoms with Gasteiger partial charge in [-0.05, 0) is 12.0 Å². The molecule has 0 spiro atoms. The van der Waals surface area contributed by atoms with Crippen molar-refractivity contribution in [3.63, 3.8) is 0 Å². The molecule has 0 radical (unpaired) electrons.